The summed E-state index contributed by atoms with van der Waals surface area (Å²) < 4.78 is 5.90. The summed E-state index contributed by atoms with van der Waals surface area (Å²) in [5, 5.41) is 9.21. The summed E-state index contributed by atoms with van der Waals surface area (Å²) >= 11 is 0. The molecule has 0 aromatic heterocycles. The third kappa shape index (κ3) is 3.11. The van der Waals surface area contributed by atoms with Crippen molar-refractivity contribution in [1.82, 2.24) is 4.90 Å². The molecule has 0 radical (unpaired) electrons. The molecule has 2 heterocycles. The molecule has 1 saturated heterocycles. The Hall–Kier alpha value is -2.24. The third-order valence-electron chi connectivity index (χ3n) is 4.56. The smallest absolute Gasteiger partial charge is 0.324 e. The minimum absolute atomic E-state index is 0.0334. The van der Waals surface area contributed by atoms with Gasteiger partial charge in [-0.1, -0.05) is 19.1 Å². The van der Waals surface area contributed by atoms with E-state index in [1.54, 1.807) is 9.80 Å². The van der Waals surface area contributed by atoms with Gasteiger partial charge in [-0.05, 0) is 31.4 Å². The molecule has 2 amide bonds. The van der Waals surface area contributed by atoms with E-state index in [1.165, 1.54) is 0 Å². The number of benzene rings is 1. The van der Waals surface area contributed by atoms with E-state index in [4.69, 9.17) is 4.74 Å². The highest BCUT2D eigenvalue weighted by atomic mass is 16.5. The zero-order chi connectivity index (χ0) is 16.4. The molecule has 3 rings (SSSR count). The molecule has 23 heavy (non-hydrogen) atoms. The molecule has 124 valence electrons. The van der Waals surface area contributed by atoms with Crippen molar-refractivity contribution in [2.45, 2.75) is 32.3 Å². The van der Waals surface area contributed by atoms with Crippen LogP contribution < -0.4 is 9.64 Å². The summed E-state index contributed by atoms with van der Waals surface area (Å²) in [6.45, 7) is 3.42. The molecule has 1 N–H and O–H groups in total. The number of carboxylic acid groups (broad SMARTS) is 1. The number of fused-ring (bicyclic) bond motifs is 1. The summed E-state index contributed by atoms with van der Waals surface area (Å²) in [5.74, 6) is -0.576. The van der Waals surface area contributed by atoms with Crippen LogP contribution in [0, 0.1) is 5.92 Å². The summed E-state index contributed by atoms with van der Waals surface area (Å²) in [7, 11) is 0. The second-order valence-corrected chi connectivity index (χ2v) is 6.13. The summed E-state index contributed by atoms with van der Waals surface area (Å²) in [6, 6.07) is 7.39. The zero-order valence-corrected chi connectivity index (χ0v) is 13.3. The quantitative estimate of drug-likeness (QED) is 0.910. The van der Waals surface area contributed by atoms with Crippen LogP contribution in [0.4, 0.5) is 10.5 Å². The number of anilines is 1. The number of carboxylic acids is 1. The van der Waals surface area contributed by atoms with Crippen LogP contribution in [-0.2, 0) is 4.79 Å². The molecule has 1 aromatic rings. The van der Waals surface area contributed by atoms with Crippen LogP contribution >= 0.6 is 0 Å². The van der Waals surface area contributed by atoms with E-state index in [1.807, 2.05) is 31.2 Å². The number of amides is 2. The van der Waals surface area contributed by atoms with Crippen molar-refractivity contribution < 1.29 is 19.4 Å². The van der Waals surface area contributed by atoms with Crippen molar-refractivity contribution in [2.75, 3.05) is 24.5 Å². The van der Waals surface area contributed by atoms with Crippen LogP contribution in [0.15, 0.2) is 24.3 Å². The zero-order valence-electron chi connectivity index (χ0n) is 13.3. The highest BCUT2D eigenvalue weighted by Crippen LogP contribution is 2.34. The van der Waals surface area contributed by atoms with Gasteiger partial charge in [-0.2, -0.15) is 0 Å². The Labute approximate surface area is 135 Å². The number of para-hydroxylation sites is 2. The van der Waals surface area contributed by atoms with E-state index in [2.05, 4.69) is 0 Å². The van der Waals surface area contributed by atoms with Gasteiger partial charge in [0.15, 0.2) is 0 Å². The number of aliphatic carboxylic acids is 1. The predicted octanol–water partition coefficient (Wildman–Crippen LogP) is 2.58. The van der Waals surface area contributed by atoms with Gasteiger partial charge in [-0.3, -0.25) is 9.69 Å². The van der Waals surface area contributed by atoms with Gasteiger partial charge in [-0.25, -0.2) is 4.79 Å². The summed E-state index contributed by atoms with van der Waals surface area (Å²) in [6.07, 6.45) is 2.15. The van der Waals surface area contributed by atoms with Gasteiger partial charge in [0.1, 0.15) is 11.9 Å². The molecule has 1 fully saturated rings. The molecule has 1 aromatic carbocycles. The average Bonchev–Trinajstić information content (AvgIpc) is 2.60. The fourth-order valence-corrected chi connectivity index (χ4v) is 3.22. The first-order valence-corrected chi connectivity index (χ1v) is 8.15. The molecule has 0 unspecified atom stereocenters. The van der Waals surface area contributed by atoms with Crippen molar-refractivity contribution in [3.05, 3.63) is 24.3 Å². The maximum atomic E-state index is 12.9. The van der Waals surface area contributed by atoms with E-state index >= 15 is 0 Å². The fraction of sp³-hybridized carbons (Fsp3) is 0.529. The predicted molar refractivity (Wildman–Crippen MR) is 85.8 cm³/mol. The Morgan fingerprint density at radius 2 is 2.09 bits per heavy atom. The average molecular weight is 318 g/mol. The number of hydrogen-bond donors (Lipinski definition) is 1. The second kappa shape index (κ2) is 6.48. The van der Waals surface area contributed by atoms with Gasteiger partial charge in [0.2, 0.25) is 0 Å². The number of likely N-dealkylation sites (tertiary alicyclic amines) is 1. The van der Waals surface area contributed by atoms with Crippen molar-refractivity contribution in [3.8, 4) is 5.75 Å². The second-order valence-electron chi connectivity index (χ2n) is 6.13. The molecular weight excluding hydrogens is 296 g/mol. The van der Waals surface area contributed by atoms with Crippen molar-refractivity contribution >= 4 is 17.7 Å². The lowest BCUT2D eigenvalue weighted by Gasteiger charge is -2.39. The number of carbonyl (C=O) groups is 2. The number of ether oxygens (including phenoxy) is 1. The van der Waals surface area contributed by atoms with Crippen LogP contribution in [0.3, 0.4) is 0 Å². The van der Waals surface area contributed by atoms with Crippen LogP contribution in [0.25, 0.3) is 0 Å². The van der Waals surface area contributed by atoms with Gasteiger partial charge >= 0.3 is 12.0 Å². The summed E-state index contributed by atoms with van der Waals surface area (Å²) in [4.78, 5) is 27.6. The molecule has 0 bridgehead atoms. The highest BCUT2D eigenvalue weighted by Gasteiger charge is 2.35. The van der Waals surface area contributed by atoms with Crippen LogP contribution in [0.2, 0.25) is 0 Å². The Kier molecular flexibility index (Phi) is 4.41. The molecule has 2 aliphatic rings. The van der Waals surface area contributed by atoms with Gasteiger partial charge in [0, 0.05) is 13.1 Å². The van der Waals surface area contributed by atoms with Gasteiger partial charge < -0.3 is 14.7 Å². The number of urea groups is 1. The normalized spacial score (nSPS) is 23.9. The molecule has 6 nitrogen and oxygen atoms in total. The largest absolute Gasteiger partial charge is 0.486 e. The Balaban J connectivity index is 1.82. The molecular formula is C17H22N2O4. The number of carbonyl (C=O) groups excluding carboxylic acids is 1. The summed E-state index contributed by atoms with van der Waals surface area (Å²) in [5.41, 5.74) is 0.764. The minimum Gasteiger partial charge on any atom is -0.486 e. The highest BCUT2D eigenvalue weighted by molar-refractivity contribution is 5.94. The number of nitrogens with zero attached hydrogens (tertiary/aromatic N) is 2. The standard InChI is InChI=1S/C17H22N2O4/c1-2-13-11-19(14-7-3-4-8-15(14)23-13)17(22)18-9-5-6-12(10-18)16(20)21/h3-4,7-8,12-13H,2,5-6,9-11H2,1H3,(H,20,21)/t12-,13-/m0/s1. The van der Waals surface area contributed by atoms with E-state index in [9.17, 15) is 14.7 Å². The van der Waals surface area contributed by atoms with E-state index in [-0.39, 0.29) is 18.7 Å². The molecule has 2 atom stereocenters. The lowest BCUT2D eigenvalue weighted by atomic mass is 9.98. The third-order valence-corrected chi connectivity index (χ3v) is 4.56. The van der Waals surface area contributed by atoms with E-state index in [0.717, 1.165) is 18.5 Å². The van der Waals surface area contributed by atoms with E-state index in [0.29, 0.717) is 25.3 Å². The lowest BCUT2D eigenvalue weighted by Crippen LogP contribution is -2.52. The first kappa shape index (κ1) is 15.6. The molecule has 0 aliphatic carbocycles. The maximum Gasteiger partial charge on any atom is 0.324 e. The SMILES string of the molecule is CC[C@H]1CN(C(=O)N2CCC[C@H](C(=O)O)C2)c2ccccc2O1. The van der Waals surface area contributed by atoms with Gasteiger partial charge in [-0.15, -0.1) is 0 Å². The maximum absolute atomic E-state index is 12.9. The van der Waals surface area contributed by atoms with Gasteiger partial charge in [0.25, 0.3) is 0 Å². The number of hydrogen-bond acceptors (Lipinski definition) is 3. The molecule has 6 heteroatoms. The number of piperidine rings is 1. The van der Waals surface area contributed by atoms with Crippen LogP contribution in [-0.4, -0.2) is 47.7 Å². The van der Waals surface area contributed by atoms with Crippen molar-refractivity contribution in [2.24, 2.45) is 5.92 Å². The monoisotopic (exact) mass is 318 g/mol. The molecule has 2 aliphatic heterocycles. The van der Waals surface area contributed by atoms with Crippen LogP contribution in [0.1, 0.15) is 26.2 Å². The fourth-order valence-electron chi connectivity index (χ4n) is 3.22. The molecule has 0 saturated carbocycles. The Bertz CT molecular complexity index is 604. The van der Waals surface area contributed by atoms with Crippen LogP contribution in [0.5, 0.6) is 5.75 Å². The Morgan fingerprint density at radius 3 is 2.83 bits per heavy atom. The lowest BCUT2D eigenvalue weighted by molar-refractivity contribution is -0.143. The minimum atomic E-state index is -0.823. The number of rotatable bonds is 2. The first-order chi connectivity index (χ1) is 11.1. The molecule has 0 spiro atoms. The topological polar surface area (TPSA) is 70.1 Å². The van der Waals surface area contributed by atoms with Gasteiger partial charge in [0.05, 0.1) is 18.2 Å². The first-order valence-electron chi connectivity index (χ1n) is 8.15. The van der Waals surface area contributed by atoms with Crippen molar-refractivity contribution in [1.29, 1.82) is 0 Å². The Morgan fingerprint density at radius 1 is 1.30 bits per heavy atom. The van der Waals surface area contributed by atoms with E-state index < -0.39 is 11.9 Å². The van der Waals surface area contributed by atoms with Crippen molar-refractivity contribution in [3.63, 3.8) is 0 Å².